The zero-order chi connectivity index (χ0) is 12.9. The standard InChI is InChI=1S/C13H21F3N2/c14-13(15,16)7-18(10-3-4-10)6-11-8-1-2-9(5-8)12(11)17/h8-12H,1-7,17H2. The number of halogens is 3. The molecule has 3 aliphatic carbocycles. The summed E-state index contributed by atoms with van der Waals surface area (Å²) in [6.07, 6.45) is 1.28. The molecule has 0 heterocycles. The lowest BCUT2D eigenvalue weighted by molar-refractivity contribution is -0.149. The van der Waals surface area contributed by atoms with E-state index in [0.29, 0.717) is 24.3 Å². The minimum absolute atomic E-state index is 0.137. The Labute approximate surface area is 106 Å². The van der Waals surface area contributed by atoms with Gasteiger partial charge in [0.1, 0.15) is 0 Å². The van der Waals surface area contributed by atoms with Crippen molar-refractivity contribution >= 4 is 0 Å². The molecule has 0 radical (unpaired) electrons. The third kappa shape index (κ3) is 2.52. The van der Waals surface area contributed by atoms with Crippen LogP contribution in [-0.2, 0) is 0 Å². The van der Waals surface area contributed by atoms with E-state index in [0.717, 1.165) is 19.3 Å². The first-order chi connectivity index (χ1) is 8.44. The van der Waals surface area contributed by atoms with Crippen LogP contribution in [0, 0.1) is 17.8 Å². The molecule has 0 amide bonds. The van der Waals surface area contributed by atoms with E-state index in [1.165, 1.54) is 12.8 Å². The molecule has 4 unspecified atom stereocenters. The summed E-state index contributed by atoms with van der Waals surface area (Å²) in [6.45, 7) is -0.190. The van der Waals surface area contributed by atoms with Crippen molar-refractivity contribution in [1.82, 2.24) is 4.90 Å². The second kappa shape index (κ2) is 4.37. The average Bonchev–Trinajstić information content (AvgIpc) is 2.93. The summed E-state index contributed by atoms with van der Waals surface area (Å²) in [4.78, 5) is 1.64. The lowest BCUT2D eigenvalue weighted by atomic mass is 9.84. The average molecular weight is 262 g/mol. The van der Waals surface area contributed by atoms with Crippen LogP contribution in [-0.4, -0.2) is 36.2 Å². The van der Waals surface area contributed by atoms with Gasteiger partial charge in [-0.3, -0.25) is 4.90 Å². The molecule has 18 heavy (non-hydrogen) atoms. The van der Waals surface area contributed by atoms with Crippen molar-refractivity contribution in [3.63, 3.8) is 0 Å². The van der Waals surface area contributed by atoms with Gasteiger partial charge in [-0.25, -0.2) is 0 Å². The SMILES string of the molecule is NC1C2CCC(C2)C1CN(CC(F)(F)F)C1CC1. The number of hydrogen-bond donors (Lipinski definition) is 1. The molecule has 5 heteroatoms. The molecule has 4 atom stereocenters. The van der Waals surface area contributed by atoms with Crippen LogP contribution in [0.1, 0.15) is 32.1 Å². The van der Waals surface area contributed by atoms with Crippen molar-refractivity contribution in [1.29, 1.82) is 0 Å². The fourth-order valence-corrected chi connectivity index (χ4v) is 4.01. The van der Waals surface area contributed by atoms with E-state index < -0.39 is 12.7 Å². The van der Waals surface area contributed by atoms with Gasteiger partial charge in [-0.1, -0.05) is 0 Å². The highest BCUT2D eigenvalue weighted by Gasteiger charge is 2.48. The summed E-state index contributed by atoms with van der Waals surface area (Å²) < 4.78 is 37.7. The molecule has 2 N–H and O–H groups in total. The van der Waals surface area contributed by atoms with Gasteiger partial charge in [-0.05, 0) is 49.9 Å². The highest BCUT2D eigenvalue weighted by atomic mass is 19.4. The van der Waals surface area contributed by atoms with Gasteiger partial charge in [-0.15, -0.1) is 0 Å². The molecule has 2 bridgehead atoms. The Morgan fingerprint density at radius 1 is 1.06 bits per heavy atom. The van der Waals surface area contributed by atoms with E-state index in [1.54, 1.807) is 4.90 Å². The van der Waals surface area contributed by atoms with Crippen LogP contribution in [0.4, 0.5) is 13.2 Å². The highest BCUT2D eigenvalue weighted by Crippen LogP contribution is 2.48. The topological polar surface area (TPSA) is 29.3 Å². The molecule has 104 valence electrons. The second-order valence-electron chi connectivity index (χ2n) is 6.35. The molecular weight excluding hydrogens is 241 g/mol. The van der Waals surface area contributed by atoms with Gasteiger partial charge >= 0.3 is 6.18 Å². The van der Waals surface area contributed by atoms with Crippen LogP contribution < -0.4 is 5.73 Å². The zero-order valence-electron chi connectivity index (χ0n) is 10.5. The van der Waals surface area contributed by atoms with E-state index in [1.807, 2.05) is 0 Å². The predicted molar refractivity (Wildman–Crippen MR) is 62.9 cm³/mol. The number of fused-ring (bicyclic) bond motifs is 2. The first kappa shape index (κ1) is 12.7. The number of nitrogens with two attached hydrogens (primary N) is 1. The number of hydrogen-bond acceptors (Lipinski definition) is 2. The monoisotopic (exact) mass is 262 g/mol. The fourth-order valence-electron chi connectivity index (χ4n) is 4.01. The zero-order valence-corrected chi connectivity index (χ0v) is 10.5. The van der Waals surface area contributed by atoms with Gasteiger partial charge in [0, 0.05) is 18.6 Å². The maximum absolute atomic E-state index is 12.6. The molecule has 0 aromatic rings. The summed E-state index contributed by atoms with van der Waals surface area (Å²) in [7, 11) is 0. The first-order valence-electron chi connectivity index (χ1n) is 7.00. The maximum Gasteiger partial charge on any atom is 0.401 e. The quantitative estimate of drug-likeness (QED) is 0.843. The smallest absolute Gasteiger partial charge is 0.327 e. The van der Waals surface area contributed by atoms with Crippen LogP contribution in [0.2, 0.25) is 0 Å². The van der Waals surface area contributed by atoms with Gasteiger partial charge in [0.05, 0.1) is 6.54 Å². The van der Waals surface area contributed by atoms with Crippen molar-refractivity contribution in [2.24, 2.45) is 23.5 Å². The summed E-state index contributed by atoms with van der Waals surface area (Å²) in [6, 6.07) is 0.302. The Balaban J connectivity index is 1.62. The summed E-state index contributed by atoms with van der Waals surface area (Å²) in [5.41, 5.74) is 6.19. The van der Waals surface area contributed by atoms with Crippen molar-refractivity contribution < 1.29 is 13.2 Å². The lowest BCUT2D eigenvalue weighted by Gasteiger charge is -2.34. The molecule has 3 fully saturated rings. The van der Waals surface area contributed by atoms with E-state index in [9.17, 15) is 13.2 Å². The Morgan fingerprint density at radius 3 is 2.22 bits per heavy atom. The van der Waals surface area contributed by atoms with Gasteiger partial charge in [-0.2, -0.15) is 13.2 Å². The van der Waals surface area contributed by atoms with Gasteiger partial charge in [0.2, 0.25) is 0 Å². The molecule has 0 aliphatic heterocycles. The Hall–Kier alpha value is -0.290. The minimum Gasteiger partial charge on any atom is -0.327 e. The summed E-state index contributed by atoms with van der Waals surface area (Å²) >= 11 is 0. The molecule has 0 saturated heterocycles. The number of rotatable bonds is 4. The number of nitrogens with zero attached hydrogens (tertiary/aromatic N) is 1. The van der Waals surface area contributed by atoms with Crippen LogP contribution in [0.25, 0.3) is 0 Å². The van der Waals surface area contributed by atoms with Crippen molar-refractivity contribution in [2.75, 3.05) is 13.1 Å². The third-order valence-corrected chi connectivity index (χ3v) is 5.05. The summed E-state index contributed by atoms with van der Waals surface area (Å²) in [5.74, 6) is 1.46. The molecule has 0 aromatic carbocycles. The third-order valence-electron chi connectivity index (χ3n) is 5.05. The highest BCUT2D eigenvalue weighted by molar-refractivity contribution is 5.01. The van der Waals surface area contributed by atoms with Crippen molar-refractivity contribution in [2.45, 2.75) is 50.4 Å². The lowest BCUT2D eigenvalue weighted by Crippen LogP contribution is -2.46. The molecular formula is C13H21F3N2. The van der Waals surface area contributed by atoms with Gasteiger partial charge < -0.3 is 5.73 Å². The number of alkyl halides is 3. The van der Waals surface area contributed by atoms with E-state index in [4.69, 9.17) is 5.73 Å². The summed E-state index contributed by atoms with van der Waals surface area (Å²) in [5, 5.41) is 0. The maximum atomic E-state index is 12.6. The van der Waals surface area contributed by atoms with E-state index in [-0.39, 0.29) is 12.1 Å². The van der Waals surface area contributed by atoms with Gasteiger partial charge in [0.25, 0.3) is 0 Å². The predicted octanol–water partition coefficient (Wildman–Crippen LogP) is 2.39. The minimum atomic E-state index is -4.08. The van der Waals surface area contributed by atoms with Crippen LogP contribution in [0.3, 0.4) is 0 Å². The second-order valence-corrected chi connectivity index (χ2v) is 6.35. The Kier molecular flexibility index (Phi) is 3.09. The van der Waals surface area contributed by atoms with Crippen molar-refractivity contribution in [3.8, 4) is 0 Å². The molecule has 3 rings (SSSR count). The van der Waals surface area contributed by atoms with E-state index in [2.05, 4.69) is 0 Å². The molecule has 3 aliphatic rings. The van der Waals surface area contributed by atoms with Gasteiger partial charge in [0.15, 0.2) is 0 Å². The van der Waals surface area contributed by atoms with E-state index >= 15 is 0 Å². The molecule has 0 spiro atoms. The fraction of sp³-hybridized carbons (Fsp3) is 1.00. The largest absolute Gasteiger partial charge is 0.401 e. The Bertz CT molecular complexity index is 312. The first-order valence-corrected chi connectivity index (χ1v) is 7.00. The van der Waals surface area contributed by atoms with Crippen molar-refractivity contribution in [3.05, 3.63) is 0 Å². The molecule has 2 nitrogen and oxygen atoms in total. The van der Waals surface area contributed by atoms with Crippen LogP contribution in [0.15, 0.2) is 0 Å². The normalized spacial score (nSPS) is 39.8. The molecule has 3 saturated carbocycles. The Morgan fingerprint density at radius 2 is 1.72 bits per heavy atom. The molecule has 0 aromatic heterocycles. The van der Waals surface area contributed by atoms with Crippen LogP contribution >= 0.6 is 0 Å². The van der Waals surface area contributed by atoms with Crippen LogP contribution in [0.5, 0.6) is 0 Å².